The third-order valence-electron chi connectivity index (χ3n) is 4.11. The van der Waals surface area contributed by atoms with Crippen LogP contribution in [-0.4, -0.2) is 23.1 Å². The van der Waals surface area contributed by atoms with Crippen molar-refractivity contribution < 1.29 is 4.74 Å². The molecule has 1 aliphatic carbocycles. The van der Waals surface area contributed by atoms with Crippen LogP contribution in [0.2, 0.25) is 0 Å². The molecule has 1 N–H and O–H groups in total. The van der Waals surface area contributed by atoms with Crippen LogP contribution in [-0.2, 0) is 16.9 Å². The molecule has 0 unspecified atom stereocenters. The van der Waals surface area contributed by atoms with Gasteiger partial charge in [0.25, 0.3) is 0 Å². The molecule has 1 aliphatic rings. The van der Waals surface area contributed by atoms with Crippen molar-refractivity contribution in [3.63, 3.8) is 0 Å². The second-order valence-corrected chi connectivity index (χ2v) is 6.02. The first-order chi connectivity index (χ1) is 9.66. The maximum Gasteiger partial charge on any atom is 0.160 e. The van der Waals surface area contributed by atoms with Crippen molar-refractivity contribution in [2.75, 3.05) is 7.11 Å². The minimum absolute atomic E-state index is 0.273. The molecule has 1 heterocycles. The Balaban J connectivity index is 2.18. The highest BCUT2D eigenvalue weighted by Crippen LogP contribution is 2.37. The fourth-order valence-electron chi connectivity index (χ4n) is 2.84. The SMILES string of the molecule is COC1(c2nccc(CNC(C)C)n2)CCCCCC1. The zero-order chi connectivity index (χ0) is 14.4. The minimum atomic E-state index is -0.273. The molecule has 0 amide bonds. The Kier molecular flexibility index (Phi) is 5.49. The van der Waals surface area contributed by atoms with E-state index in [1.54, 1.807) is 7.11 Å². The van der Waals surface area contributed by atoms with Gasteiger partial charge in [-0.15, -0.1) is 0 Å². The van der Waals surface area contributed by atoms with Gasteiger partial charge in [0.1, 0.15) is 5.60 Å². The maximum absolute atomic E-state index is 5.88. The molecule has 1 saturated carbocycles. The zero-order valence-corrected chi connectivity index (χ0v) is 13.0. The average Bonchev–Trinajstić information content (AvgIpc) is 2.72. The third-order valence-corrected chi connectivity index (χ3v) is 4.11. The van der Waals surface area contributed by atoms with E-state index in [-0.39, 0.29) is 5.60 Å². The highest BCUT2D eigenvalue weighted by atomic mass is 16.5. The number of hydrogen-bond donors (Lipinski definition) is 1. The van der Waals surface area contributed by atoms with E-state index in [1.807, 2.05) is 12.3 Å². The molecule has 2 rings (SSSR count). The van der Waals surface area contributed by atoms with Crippen LogP contribution in [0.15, 0.2) is 12.3 Å². The number of ether oxygens (including phenoxy) is 1. The molecule has 0 bridgehead atoms. The molecular formula is C16H27N3O. The summed E-state index contributed by atoms with van der Waals surface area (Å²) in [6, 6.07) is 2.45. The number of hydrogen-bond acceptors (Lipinski definition) is 4. The first-order valence-corrected chi connectivity index (χ1v) is 7.77. The summed E-state index contributed by atoms with van der Waals surface area (Å²) in [5.74, 6) is 0.866. The first-order valence-electron chi connectivity index (χ1n) is 7.77. The van der Waals surface area contributed by atoms with Gasteiger partial charge in [0.05, 0.1) is 5.69 Å². The number of nitrogens with zero attached hydrogens (tertiary/aromatic N) is 2. The first kappa shape index (κ1) is 15.4. The predicted octanol–water partition coefficient (Wildman–Crippen LogP) is 3.17. The van der Waals surface area contributed by atoms with Gasteiger partial charge in [-0.2, -0.15) is 0 Å². The summed E-state index contributed by atoms with van der Waals surface area (Å²) in [7, 11) is 1.80. The second-order valence-electron chi connectivity index (χ2n) is 6.02. The summed E-state index contributed by atoms with van der Waals surface area (Å²) >= 11 is 0. The van der Waals surface area contributed by atoms with Crippen molar-refractivity contribution in [1.29, 1.82) is 0 Å². The van der Waals surface area contributed by atoms with Crippen LogP contribution < -0.4 is 5.32 Å². The molecule has 0 aliphatic heterocycles. The van der Waals surface area contributed by atoms with Crippen LogP contribution in [0.5, 0.6) is 0 Å². The Labute approximate surface area is 122 Å². The predicted molar refractivity (Wildman–Crippen MR) is 80.4 cm³/mol. The van der Waals surface area contributed by atoms with Crippen molar-refractivity contribution in [2.45, 2.75) is 70.6 Å². The highest BCUT2D eigenvalue weighted by Gasteiger charge is 2.35. The molecule has 0 atom stereocenters. The lowest BCUT2D eigenvalue weighted by molar-refractivity contribution is -0.0353. The number of aromatic nitrogens is 2. The van der Waals surface area contributed by atoms with Crippen molar-refractivity contribution >= 4 is 0 Å². The Hall–Kier alpha value is -1.00. The molecule has 1 fully saturated rings. The van der Waals surface area contributed by atoms with E-state index in [4.69, 9.17) is 9.72 Å². The van der Waals surface area contributed by atoms with Gasteiger partial charge >= 0.3 is 0 Å². The van der Waals surface area contributed by atoms with Gasteiger partial charge in [-0.3, -0.25) is 0 Å². The average molecular weight is 277 g/mol. The summed E-state index contributed by atoms with van der Waals surface area (Å²) in [5.41, 5.74) is 0.772. The molecule has 1 aromatic rings. The van der Waals surface area contributed by atoms with Gasteiger partial charge in [-0.1, -0.05) is 39.5 Å². The molecule has 0 spiro atoms. The van der Waals surface area contributed by atoms with Crippen molar-refractivity contribution in [3.8, 4) is 0 Å². The topological polar surface area (TPSA) is 47.0 Å². The summed E-state index contributed by atoms with van der Waals surface area (Å²) in [6.45, 7) is 5.07. The number of methoxy groups -OCH3 is 1. The monoisotopic (exact) mass is 277 g/mol. The van der Waals surface area contributed by atoms with Gasteiger partial charge < -0.3 is 10.1 Å². The largest absolute Gasteiger partial charge is 0.370 e. The molecule has 4 heteroatoms. The normalized spacial score (nSPS) is 19.0. The van der Waals surface area contributed by atoms with E-state index in [1.165, 1.54) is 25.7 Å². The van der Waals surface area contributed by atoms with Crippen LogP contribution in [0.1, 0.15) is 63.9 Å². The third kappa shape index (κ3) is 3.76. The molecule has 4 nitrogen and oxygen atoms in total. The lowest BCUT2D eigenvalue weighted by atomic mass is 9.93. The van der Waals surface area contributed by atoms with E-state index in [0.29, 0.717) is 6.04 Å². The Morgan fingerprint density at radius 2 is 1.95 bits per heavy atom. The minimum Gasteiger partial charge on any atom is -0.370 e. The second kappa shape index (κ2) is 7.14. The van der Waals surface area contributed by atoms with Gasteiger partial charge in [0.2, 0.25) is 0 Å². The van der Waals surface area contributed by atoms with E-state index >= 15 is 0 Å². The molecule has 1 aromatic heterocycles. The number of rotatable bonds is 5. The van der Waals surface area contributed by atoms with E-state index in [0.717, 1.165) is 30.9 Å². The van der Waals surface area contributed by atoms with E-state index in [2.05, 4.69) is 24.1 Å². The fraction of sp³-hybridized carbons (Fsp3) is 0.750. The van der Waals surface area contributed by atoms with E-state index < -0.39 is 0 Å². The van der Waals surface area contributed by atoms with Crippen molar-refractivity contribution in [2.24, 2.45) is 0 Å². The Morgan fingerprint density at radius 3 is 2.55 bits per heavy atom. The van der Waals surface area contributed by atoms with Crippen LogP contribution in [0.25, 0.3) is 0 Å². The van der Waals surface area contributed by atoms with Crippen LogP contribution in [0, 0.1) is 0 Å². The summed E-state index contributed by atoms with van der Waals surface area (Å²) in [4.78, 5) is 9.27. The van der Waals surface area contributed by atoms with Crippen molar-refractivity contribution in [3.05, 3.63) is 23.8 Å². The van der Waals surface area contributed by atoms with Gasteiger partial charge in [-0.05, 0) is 18.9 Å². The lowest BCUT2D eigenvalue weighted by Gasteiger charge is -2.29. The number of nitrogens with one attached hydrogen (secondary N) is 1. The van der Waals surface area contributed by atoms with E-state index in [9.17, 15) is 0 Å². The Morgan fingerprint density at radius 1 is 1.25 bits per heavy atom. The lowest BCUT2D eigenvalue weighted by Crippen LogP contribution is -2.31. The smallest absolute Gasteiger partial charge is 0.160 e. The van der Waals surface area contributed by atoms with Crippen LogP contribution in [0.4, 0.5) is 0 Å². The van der Waals surface area contributed by atoms with Gasteiger partial charge in [0.15, 0.2) is 5.82 Å². The molecule has 112 valence electrons. The highest BCUT2D eigenvalue weighted by molar-refractivity contribution is 5.09. The van der Waals surface area contributed by atoms with Gasteiger partial charge in [-0.25, -0.2) is 9.97 Å². The van der Waals surface area contributed by atoms with Crippen LogP contribution >= 0.6 is 0 Å². The molecule has 20 heavy (non-hydrogen) atoms. The molecule has 0 aromatic carbocycles. The standard InChI is InChI=1S/C16H27N3O/c1-13(2)18-12-14-8-11-17-15(19-14)16(20-3)9-6-4-5-7-10-16/h8,11,13,18H,4-7,9-10,12H2,1-3H3. The van der Waals surface area contributed by atoms with Crippen LogP contribution in [0.3, 0.4) is 0 Å². The Bertz CT molecular complexity index is 412. The maximum atomic E-state index is 5.88. The summed E-state index contributed by atoms with van der Waals surface area (Å²) in [5, 5.41) is 3.40. The van der Waals surface area contributed by atoms with Gasteiger partial charge in [0, 0.05) is 25.9 Å². The quantitative estimate of drug-likeness (QED) is 0.840. The van der Waals surface area contributed by atoms with Crippen molar-refractivity contribution in [1.82, 2.24) is 15.3 Å². The molecular weight excluding hydrogens is 250 g/mol. The summed E-state index contributed by atoms with van der Waals surface area (Å²) < 4.78 is 5.88. The summed E-state index contributed by atoms with van der Waals surface area (Å²) in [6.07, 6.45) is 8.91. The molecule has 0 saturated heterocycles. The molecule has 0 radical (unpaired) electrons. The zero-order valence-electron chi connectivity index (χ0n) is 13.0. The fourth-order valence-corrected chi connectivity index (χ4v) is 2.84.